The number of para-hydroxylation sites is 1. The zero-order valence-electron chi connectivity index (χ0n) is 39.5. The lowest BCUT2D eigenvalue weighted by atomic mass is 9.47. The maximum absolute atomic E-state index is 15.3. The van der Waals surface area contributed by atoms with E-state index < -0.39 is 87.9 Å². The van der Waals surface area contributed by atoms with Crippen LogP contribution in [0.3, 0.4) is 0 Å². The van der Waals surface area contributed by atoms with Gasteiger partial charge in [0.25, 0.3) is 0 Å². The van der Waals surface area contributed by atoms with E-state index in [1.54, 1.807) is 0 Å². The van der Waals surface area contributed by atoms with Gasteiger partial charge in [-0.25, -0.2) is 23.2 Å². The lowest BCUT2D eigenvalue weighted by Crippen LogP contribution is -2.81. The molecule has 3 aromatic rings. The number of aliphatic hydroxyl groups excluding tert-OH is 2. The van der Waals surface area contributed by atoms with Crippen molar-refractivity contribution < 1.29 is 77.2 Å². The first kappa shape index (κ1) is 49.7. The van der Waals surface area contributed by atoms with Crippen LogP contribution in [0.2, 0.25) is 0 Å². The minimum Gasteiger partial charge on any atom is -0.496 e. The number of benzene rings is 2. The van der Waals surface area contributed by atoms with Crippen LogP contribution in [0.1, 0.15) is 68.8 Å². The van der Waals surface area contributed by atoms with Crippen molar-refractivity contribution in [2.24, 2.45) is 17.3 Å². The first-order chi connectivity index (χ1) is 32.5. The van der Waals surface area contributed by atoms with E-state index in [1.807, 2.05) is 67.4 Å². The number of nitrogens with zero attached hydrogens (tertiary/aromatic N) is 3. The number of aliphatic hydroxyl groups is 3. The van der Waals surface area contributed by atoms with E-state index in [0.717, 1.165) is 29.0 Å². The van der Waals surface area contributed by atoms with Crippen molar-refractivity contribution in [3.63, 3.8) is 0 Å². The highest BCUT2D eigenvalue weighted by molar-refractivity contribution is 5.95. The van der Waals surface area contributed by atoms with Gasteiger partial charge in [0.2, 0.25) is 11.5 Å². The Hall–Kier alpha value is -5.67. The van der Waals surface area contributed by atoms with Gasteiger partial charge in [-0.15, -0.1) is 0 Å². The summed E-state index contributed by atoms with van der Waals surface area (Å²) in [6.45, 7) is 6.55. The van der Waals surface area contributed by atoms with E-state index in [4.69, 9.17) is 39.4 Å². The Morgan fingerprint density at radius 1 is 0.957 bits per heavy atom. The van der Waals surface area contributed by atoms with Crippen LogP contribution in [-0.4, -0.2) is 167 Å². The SMILES string of the molecule is CC[C@]12C=CCN3CC[C@@]4(c5cc([C@]6(C(=O)OC)CC7C[C@@H](C(C)(F)F)CN(Cc8c6[nH]c6ccccc86)C7)c(OC)cc5N(C)[C@H]4[C@@](O)(C(=O)OC)[C@@H]1OC(C)=O)[C@@H]32.O=C(O)[C@H](O)[C@@H](O)C(=O)O. The highest BCUT2D eigenvalue weighted by Crippen LogP contribution is 2.68. The number of ether oxygens (including phenoxy) is 4. The minimum atomic E-state index is -2.94. The minimum absolute atomic E-state index is 0.155. The van der Waals surface area contributed by atoms with Gasteiger partial charge in [0.15, 0.2) is 18.3 Å². The number of piperidine rings is 1. The van der Waals surface area contributed by atoms with E-state index in [0.29, 0.717) is 61.7 Å². The predicted octanol–water partition coefficient (Wildman–Crippen LogP) is 2.96. The summed E-state index contributed by atoms with van der Waals surface area (Å²) >= 11 is 0. The molecule has 1 spiro atoms. The first-order valence-corrected chi connectivity index (χ1v) is 23.0. The fourth-order valence-electron chi connectivity index (χ4n) is 13.5. The molecule has 18 nitrogen and oxygen atoms in total. The van der Waals surface area contributed by atoms with E-state index in [2.05, 4.69) is 14.8 Å². The summed E-state index contributed by atoms with van der Waals surface area (Å²) in [7, 11) is 5.94. The number of fused-ring (bicyclic) bond motifs is 6. The Morgan fingerprint density at radius 2 is 1.62 bits per heavy atom. The molecule has 69 heavy (non-hydrogen) atoms. The number of nitrogens with one attached hydrogen (secondary N) is 1. The molecule has 3 fully saturated rings. The summed E-state index contributed by atoms with van der Waals surface area (Å²) in [6.07, 6.45) is -0.496. The van der Waals surface area contributed by atoms with E-state index >= 15 is 13.6 Å². The van der Waals surface area contributed by atoms with Crippen LogP contribution in [0, 0.1) is 17.3 Å². The topological polar surface area (TPSA) is 249 Å². The Kier molecular flexibility index (Phi) is 12.7. The van der Waals surface area contributed by atoms with Gasteiger partial charge in [0.05, 0.1) is 27.4 Å². The third kappa shape index (κ3) is 7.30. The second kappa shape index (κ2) is 17.6. The molecule has 2 saturated heterocycles. The number of hydrogen-bond acceptors (Lipinski definition) is 15. The van der Waals surface area contributed by atoms with Crippen molar-refractivity contribution in [3.8, 4) is 5.75 Å². The van der Waals surface area contributed by atoms with E-state index in [1.165, 1.54) is 28.3 Å². The third-order valence-corrected chi connectivity index (χ3v) is 16.1. The molecule has 20 heteroatoms. The van der Waals surface area contributed by atoms with Crippen molar-refractivity contribution in [2.75, 3.05) is 59.5 Å². The number of aromatic amines is 1. The summed E-state index contributed by atoms with van der Waals surface area (Å²) in [4.78, 5) is 72.0. The molecular formula is C49H60F2N4O14. The van der Waals surface area contributed by atoms with Crippen molar-refractivity contribution in [1.29, 1.82) is 0 Å². The highest BCUT2D eigenvalue weighted by Gasteiger charge is 2.80. The number of esters is 3. The molecule has 9 rings (SSSR count). The quantitative estimate of drug-likeness (QED) is 0.0971. The normalized spacial score (nSPS) is 32.9. The molecule has 6 N–H and O–H groups in total. The predicted molar refractivity (Wildman–Crippen MR) is 242 cm³/mol. The Morgan fingerprint density at radius 3 is 2.22 bits per heavy atom. The van der Waals surface area contributed by atoms with Gasteiger partial charge in [0, 0.05) is 96.9 Å². The molecular weight excluding hydrogens is 907 g/mol. The van der Waals surface area contributed by atoms with E-state index in [9.17, 15) is 24.3 Å². The zero-order chi connectivity index (χ0) is 50.3. The monoisotopic (exact) mass is 966 g/mol. The number of carboxylic acid groups (broad SMARTS) is 2. The number of alkyl halides is 2. The standard InChI is InChI=1S/C45H54F2N4O8.C4H6O6/c1-8-42-14-11-16-51-17-15-43(36(42)51)30-19-31(34(56-5)20-33(30)49(4)37(43)45(55,40(54)58-7)38(42)59-25(2)52)44(39(53)57-6)21-26-18-27(41(3,46)47)23-50(22-26)24-29-28-12-9-10-13-32(28)48-35(29)44;5-1(3(7)8)2(6)4(9)10/h9-14,19-20,26-27,36-38,48,55H,8,15-18,21-24H2,1-7H3;1-2,5-6H,(H,7,8)(H,9,10)/t26?,27-,36+,37-,38-,42-,43-,44-,45+;1-,2-/m11/s1. The molecule has 6 aliphatic rings. The van der Waals surface area contributed by atoms with Crippen LogP contribution in [0.5, 0.6) is 5.75 Å². The van der Waals surface area contributed by atoms with Gasteiger partial charge < -0.3 is 54.4 Å². The number of carbonyl (C=O) groups excluding carboxylic acids is 3. The van der Waals surface area contributed by atoms with Gasteiger partial charge in [-0.2, -0.15) is 0 Å². The number of carbonyl (C=O) groups is 5. The number of H-pyrrole nitrogens is 1. The molecule has 6 heterocycles. The molecule has 12 atom stereocenters. The van der Waals surface area contributed by atoms with Crippen LogP contribution in [0.15, 0.2) is 48.6 Å². The van der Waals surface area contributed by atoms with Crippen LogP contribution in [0.25, 0.3) is 10.9 Å². The smallest absolute Gasteiger partial charge is 0.344 e. The molecule has 1 aliphatic carbocycles. The number of anilines is 1. The molecule has 1 saturated carbocycles. The van der Waals surface area contributed by atoms with E-state index in [-0.39, 0.29) is 31.3 Å². The number of aliphatic carboxylic acids is 2. The number of halogens is 2. The zero-order valence-corrected chi connectivity index (χ0v) is 39.5. The van der Waals surface area contributed by atoms with Crippen molar-refractivity contribution in [2.45, 2.75) is 106 Å². The van der Waals surface area contributed by atoms with Crippen LogP contribution in [-0.2, 0) is 55.6 Å². The van der Waals surface area contributed by atoms with Crippen LogP contribution < -0.4 is 9.64 Å². The number of hydrogen-bond donors (Lipinski definition) is 6. The second-order valence-electron chi connectivity index (χ2n) is 19.6. The molecule has 2 aromatic carbocycles. The maximum Gasteiger partial charge on any atom is 0.344 e. The van der Waals surface area contributed by atoms with Gasteiger partial charge in [0.1, 0.15) is 11.2 Å². The average Bonchev–Trinajstić information content (AvgIpc) is 3.97. The summed E-state index contributed by atoms with van der Waals surface area (Å²) in [5, 5.41) is 46.7. The van der Waals surface area contributed by atoms with Crippen LogP contribution >= 0.6 is 0 Å². The molecule has 0 radical (unpaired) electrons. The Bertz CT molecular complexity index is 2580. The first-order valence-electron chi connectivity index (χ1n) is 23.0. The Balaban J connectivity index is 0.000000579. The van der Waals surface area contributed by atoms with Gasteiger partial charge >= 0.3 is 29.8 Å². The molecule has 2 bridgehead atoms. The molecule has 374 valence electrons. The largest absolute Gasteiger partial charge is 0.496 e. The number of carboxylic acids is 2. The molecule has 2 unspecified atom stereocenters. The van der Waals surface area contributed by atoms with Crippen molar-refractivity contribution in [3.05, 3.63) is 70.9 Å². The number of methoxy groups -OCH3 is 3. The van der Waals surface area contributed by atoms with Gasteiger partial charge in [-0.3, -0.25) is 19.4 Å². The summed E-state index contributed by atoms with van der Waals surface area (Å²) in [5.41, 5.74) is -1.64. The summed E-state index contributed by atoms with van der Waals surface area (Å²) < 4.78 is 54.3. The van der Waals surface area contributed by atoms with Gasteiger partial charge in [-0.05, 0) is 68.3 Å². The van der Waals surface area contributed by atoms with Crippen molar-refractivity contribution in [1.82, 2.24) is 14.8 Å². The van der Waals surface area contributed by atoms with Crippen molar-refractivity contribution >= 4 is 46.4 Å². The number of likely N-dealkylation sites (N-methyl/N-ethyl adjacent to an activating group) is 1. The molecule has 5 aliphatic heterocycles. The molecule has 0 amide bonds. The average molecular weight is 967 g/mol. The third-order valence-electron chi connectivity index (χ3n) is 16.1. The number of aromatic nitrogens is 1. The fourth-order valence-corrected chi connectivity index (χ4v) is 13.5. The Labute approximate surface area is 396 Å². The van der Waals surface area contributed by atoms with Crippen LogP contribution in [0.4, 0.5) is 14.5 Å². The lowest BCUT2D eigenvalue weighted by molar-refractivity contribution is -0.228. The fraction of sp³-hybridized carbons (Fsp3) is 0.571. The summed E-state index contributed by atoms with van der Waals surface area (Å²) in [5.74, 6) is -9.46. The number of rotatable bonds is 10. The van der Waals surface area contributed by atoms with Gasteiger partial charge in [-0.1, -0.05) is 37.3 Å². The lowest BCUT2D eigenvalue weighted by Gasteiger charge is -2.63. The second-order valence-corrected chi connectivity index (χ2v) is 19.6. The highest BCUT2D eigenvalue weighted by atomic mass is 19.3. The molecule has 1 aromatic heterocycles. The summed E-state index contributed by atoms with van der Waals surface area (Å²) in [6, 6.07) is 10.3. The maximum atomic E-state index is 15.3.